The Kier molecular flexibility index (Phi) is 8.09. The zero-order valence-electron chi connectivity index (χ0n) is 13.8. The van der Waals surface area contributed by atoms with Crippen LogP contribution in [0, 0.1) is 0 Å². The predicted octanol–water partition coefficient (Wildman–Crippen LogP) is 2.83. The fourth-order valence-electron chi connectivity index (χ4n) is 2.30. The molecule has 0 aliphatic carbocycles. The molecule has 0 aromatic heterocycles. The second-order valence-corrected chi connectivity index (χ2v) is 5.18. The van der Waals surface area contributed by atoms with Crippen LogP contribution in [0.4, 0.5) is 0 Å². The molecule has 2 rings (SSSR count). The lowest BCUT2D eigenvalue weighted by atomic mass is 10.0. The van der Waals surface area contributed by atoms with E-state index in [1.54, 1.807) is 14.2 Å². The summed E-state index contributed by atoms with van der Waals surface area (Å²) in [4.78, 5) is 12.1. The maximum Gasteiger partial charge on any atom is 0.222 e. The molecule has 1 unspecified atom stereocenters. The SMILES string of the molecule is COc1ccc(OC)c(CNC(=O)CC(N)c2ccccc2)c1.Cl. The minimum absolute atomic E-state index is 0. The number of carbonyl (C=O) groups excluding carboxylic acids is 1. The summed E-state index contributed by atoms with van der Waals surface area (Å²) < 4.78 is 10.5. The second-order valence-electron chi connectivity index (χ2n) is 5.18. The first kappa shape index (κ1) is 19.8. The van der Waals surface area contributed by atoms with Crippen molar-refractivity contribution in [2.24, 2.45) is 5.73 Å². The molecule has 2 aromatic carbocycles. The number of amides is 1. The van der Waals surface area contributed by atoms with E-state index in [9.17, 15) is 4.79 Å². The Hall–Kier alpha value is -2.24. The van der Waals surface area contributed by atoms with Crippen molar-refractivity contribution in [2.45, 2.75) is 19.0 Å². The summed E-state index contributed by atoms with van der Waals surface area (Å²) in [5, 5.41) is 2.87. The van der Waals surface area contributed by atoms with E-state index in [0.717, 1.165) is 16.9 Å². The molecule has 0 spiro atoms. The van der Waals surface area contributed by atoms with Gasteiger partial charge in [-0.2, -0.15) is 0 Å². The number of ether oxygens (including phenoxy) is 2. The summed E-state index contributed by atoms with van der Waals surface area (Å²) in [5.74, 6) is 1.32. The Labute approximate surface area is 148 Å². The number of rotatable bonds is 7. The van der Waals surface area contributed by atoms with Crippen LogP contribution >= 0.6 is 12.4 Å². The minimum Gasteiger partial charge on any atom is -0.497 e. The molecule has 0 radical (unpaired) electrons. The molecule has 2 aromatic rings. The van der Waals surface area contributed by atoms with Crippen LogP contribution in [0.25, 0.3) is 0 Å². The molecular formula is C18H23ClN2O3. The number of methoxy groups -OCH3 is 2. The smallest absolute Gasteiger partial charge is 0.222 e. The van der Waals surface area contributed by atoms with Crippen molar-refractivity contribution in [3.63, 3.8) is 0 Å². The van der Waals surface area contributed by atoms with Crippen LogP contribution < -0.4 is 20.5 Å². The van der Waals surface area contributed by atoms with E-state index in [1.165, 1.54) is 0 Å². The van der Waals surface area contributed by atoms with Crippen LogP contribution in [0.2, 0.25) is 0 Å². The summed E-state index contributed by atoms with van der Waals surface area (Å²) in [5.41, 5.74) is 7.86. The van der Waals surface area contributed by atoms with Crippen molar-refractivity contribution in [1.82, 2.24) is 5.32 Å². The molecule has 6 heteroatoms. The summed E-state index contributed by atoms with van der Waals surface area (Å²) >= 11 is 0. The molecule has 0 saturated carbocycles. The zero-order chi connectivity index (χ0) is 16.7. The molecule has 0 fully saturated rings. The lowest BCUT2D eigenvalue weighted by molar-refractivity contribution is -0.121. The first-order valence-corrected chi connectivity index (χ1v) is 7.42. The molecule has 0 bridgehead atoms. The van der Waals surface area contributed by atoms with Crippen molar-refractivity contribution in [3.8, 4) is 11.5 Å². The maximum absolute atomic E-state index is 12.1. The van der Waals surface area contributed by atoms with E-state index in [-0.39, 0.29) is 30.8 Å². The van der Waals surface area contributed by atoms with E-state index >= 15 is 0 Å². The highest BCUT2D eigenvalue weighted by Gasteiger charge is 2.12. The number of halogens is 1. The number of carbonyl (C=O) groups is 1. The third-order valence-electron chi connectivity index (χ3n) is 3.60. The van der Waals surface area contributed by atoms with E-state index < -0.39 is 0 Å². The van der Waals surface area contributed by atoms with E-state index in [4.69, 9.17) is 15.2 Å². The third kappa shape index (κ3) is 5.44. The third-order valence-corrected chi connectivity index (χ3v) is 3.60. The molecule has 0 heterocycles. The van der Waals surface area contributed by atoms with Gasteiger partial charge in [0.1, 0.15) is 11.5 Å². The van der Waals surface area contributed by atoms with Crippen molar-refractivity contribution in [1.29, 1.82) is 0 Å². The fourth-order valence-corrected chi connectivity index (χ4v) is 2.30. The highest BCUT2D eigenvalue weighted by Crippen LogP contribution is 2.23. The van der Waals surface area contributed by atoms with Gasteiger partial charge < -0.3 is 20.5 Å². The molecule has 5 nitrogen and oxygen atoms in total. The maximum atomic E-state index is 12.1. The number of benzene rings is 2. The van der Waals surface area contributed by atoms with Crippen LogP contribution in [-0.4, -0.2) is 20.1 Å². The zero-order valence-corrected chi connectivity index (χ0v) is 14.6. The van der Waals surface area contributed by atoms with Gasteiger partial charge in [-0.1, -0.05) is 30.3 Å². The minimum atomic E-state index is -0.316. The average Bonchev–Trinajstić information content (AvgIpc) is 2.60. The Bertz CT molecular complexity index is 650. The van der Waals surface area contributed by atoms with Crippen molar-refractivity contribution >= 4 is 18.3 Å². The van der Waals surface area contributed by atoms with Crippen LogP contribution in [0.3, 0.4) is 0 Å². The van der Waals surface area contributed by atoms with Crippen LogP contribution in [0.15, 0.2) is 48.5 Å². The molecule has 3 N–H and O–H groups in total. The number of nitrogens with two attached hydrogens (primary N) is 1. The van der Waals surface area contributed by atoms with E-state index in [2.05, 4.69) is 5.32 Å². The largest absolute Gasteiger partial charge is 0.497 e. The van der Waals surface area contributed by atoms with Gasteiger partial charge in [-0.25, -0.2) is 0 Å². The van der Waals surface area contributed by atoms with Gasteiger partial charge in [-0.15, -0.1) is 12.4 Å². The van der Waals surface area contributed by atoms with Crippen LogP contribution in [0.5, 0.6) is 11.5 Å². The summed E-state index contributed by atoms with van der Waals surface area (Å²) in [6.45, 7) is 0.362. The summed E-state index contributed by atoms with van der Waals surface area (Å²) in [6, 6.07) is 14.7. The normalized spacial score (nSPS) is 11.1. The topological polar surface area (TPSA) is 73.6 Å². The van der Waals surface area contributed by atoms with E-state index in [0.29, 0.717) is 12.3 Å². The lowest BCUT2D eigenvalue weighted by Crippen LogP contribution is -2.27. The highest BCUT2D eigenvalue weighted by molar-refractivity contribution is 5.85. The Morgan fingerprint density at radius 1 is 1.12 bits per heavy atom. The van der Waals surface area contributed by atoms with Gasteiger partial charge in [-0.05, 0) is 23.8 Å². The van der Waals surface area contributed by atoms with Gasteiger partial charge in [-0.3, -0.25) is 4.79 Å². The van der Waals surface area contributed by atoms with Gasteiger partial charge in [0.2, 0.25) is 5.91 Å². The fraction of sp³-hybridized carbons (Fsp3) is 0.278. The number of hydrogen-bond acceptors (Lipinski definition) is 4. The molecule has 24 heavy (non-hydrogen) atoms. The molecule has 1 amide bonds. The highest BCUT2D eigenvalue weighted by atomic mass is 35.5. The van der Waals surface area contributed by atoms with Gasteiger partial charge in [0, 0.05) is 24.6 Å². The lowest BCUT2D eigenvalue weighted by Gasteiger charge is -2.14. The second kappa shape index (κ2) is 9.80. The molecule has 0 aliphatic heterocycles. The Balaban J connectivity index is 0.00000288. The van der Waals surface area contributed by atoms with E-state index in [1.807, 2.05) is 48.5 Å². The van der Waals surface area contributed by atoms with Crippen molar-refractivity contribution in [3.05, 3.63) is 59.7 Å². The Morgan fingerprint density at radius 2 is 1.83 bits per heavy atom. The van der Waals surface area contributed by atoms with Gasteiger partial charge in [0.25, 0.3) is 0 Å². The molecule has 1 atom stereocenters. The van der Waals surface area contributed by atoms with Crippen molar-refractivity contribution < 1.29 is 14.3 Å². The predicted molar refractivity (Wildman–Crippen MR) is 96.6 cm³/mol. The quantitative estimate of drug-likeness (QED) is 0.805. The van der Waals surface area contributed by atoms with Crippen LogP contribution in [0.1, 0.15) is 23.6 Å². The molecule has 130 valence electrons. The number of hydrogen-bond donors (Lipinski definition) is 2. The average molecular weight is 351 g/mol. The van der Waals surface area contributed by atoms with Gasteiger partial charge in [0.05, 0.1) is 14.2 Å². The van der Waals surface area contributed by atoms with Crippen molar-refractivity contribution in [2.75, 3.05) is 14.2 Å². The monoisotopic (exact) mass is 350 g/mol. The molecule has 0 aliphatic rings. The molecule has 0 saturated heterocycles. The van der Waals surface area contributed by atoms with Crippen LogP contribution in [-0.2, 0) is 11.3 Å². The molecular weight excluding hydrogens is 328 g/mol. The standard InChI is InChI=1S/C18H22N2O3.ClH/c1-22-15-8-9-17(23-2)14(10-15)12-20-18(21)11-16(19)13-6-4-3-5-7-13;/h3-10,16H,11-12,19H2,1-2H3,(H,20,21);1H. The summed E-state index contributed by atoms with van der Waals surface area (Å²) in [7, 11) is 3.20. The first-order chi connectivity index (χ1) is 11.1. The summed E-state index contributed by atoms with van der Waals surface area (Å²) in [6.07, 6.45) is 0.232. The first-order valence-electron chi connectivity index (χ1n) is 7.42. The Morgan fingerprint density at radius 3 is 2.46 bits per heavy atom. The van der Waals surface area contributed by atoms with Gasteiger partial charge >= 0.3 is 0 Å². The number of nitrogens with one attached hydrogen (secondary N) is 1. The van der Waals surface area contributed by atoms with Gasteiger partial charge in [0.15, 0.2) is 0 Å².